The van der Waals surface area contributed by atoms with Gasteiger partial charge in [-0.1, -0.05) is 11.8 Å². The Hall–Kier alpha value is -1.90. The number of benzene rings is 1. The summed E-state index contributed by atoms with van der Waals surface area (Å²) >= 11 is 0. The number of nitrogens with zero attached hydrogens (tertiary/aromatic N) is 1. The van der Waals surface area contributed by atoms with E-state index in [0.29, 0.717) is 18.8 Å². The SMILES string of the molecule is CN(C(=O)c1ccc(C#CCN)c(F)c1)C1CCOC1. The molecule has 20 heavy (non-hydrogen) atoms. The van der Waals surface area contributed by atoms with E-state index < -0.39 is 5.82 Å². The summed E-state index contributed by atoms with van der Waals surface area (Å²) in [6, 6.07) is 4.36. The Bertz CT molecular complexity index is 557. The predicted molar refractivity (Wildman–Crippen MR) is 73.6 cm³/mol. The molecule has 0 spiro atoms. The number of hydrogen-bond donors (Lipinski definition) is 1. The summed E-state index contributed by atoms with van der Waals surface area (Å²) in [6.07, 6.45) is 0.810. The number of hydrogen-bond acceptors (Lipinski definition) is 3. The molecule has 1 heterocycles. The number of carbonyl (C=O) groups is 1. The monoisotopic (exact) mass is 276 g/mol. The highest BCUT2D eigenvalue weighted by atomic mass is 19.1. The van der Waals surface area contributed by atoms with Crippen molar-refractivity contribution >= 4 is 5.91 Å². The van der Waals surface area contributed by atoms with Crippen molar-refractivity contribution in [2.45, 2.75) is 12.5 Å². The molecule has 0 saturated carbocycles. The zero-order chi connectivity index (χ0) is 14.5. The first-order chi connectivity index (χ1) is 9.63. The van der Waals surface area contributed by atoms with Crippen molar-refractivity contribution in [2.24, 2.45) is 5.73 Å². The fourth-order valence-corrected chi connectivity index (χ4v) is 2.09. The van der Waals surface area contributed by atoms with Crippen molar-refractivity contribution in [1.29, 1.82) is 0 Å². The van der Waals surface area contributed by atoms with Crippen LogP contribution in [0, 0.1) is 17.7 Å². The number of nitrogens with two attached hydrogens (primary N) is 1. The van der Waals surface area contributed by atoms with Crippen molar-refractivity contribution in [2.75, 3.05) is 26.8 Å². The van der Waals surface area contributed by atoms with Gasteiger partial charge in [0.25, 0.3) is 5.91 Å². The summed E-state index contributed by atoms with van der Waals surface area (Å²) in [5.74, 6) is 4.50. The molecule has 1 unspecified atom stereocenters. The topological polar surface area (TPSA) is 55.6 Å². The van der Waals surface area contributed by atoms with Crippen LogP contribution < -0.4 is 5.73 Å². The van der Waals surface area contributed by atoms with E-state index in [1.165, 1.54) is 12.1 Å². The van der Waals surface area contributed by atoms with Gasteiger partial charge in [-0.2, -0.15) is 0 Å². The van der Waals surface area contributed by atoms with Crippen LogP contribution in [0.15, 0.2) is 18.2 Å². The Morgan fingerprint density at radius 3 is 3.00 bits per heavy atom. The summed E-state index contributed by atoms with van der Waals surface area (Å²) in [5.41, 5.74) is 5.81. The molecule has 1 amide bonds. The molecule has 1 aliphatic heterocycles. The third kappa shape index (κ3) is 3.16. The first kappa shape index (κ1) is 14.5. The summed E-state index contributed by atoms with van der Waals surface area (Å²) in [4.78, 5) is 13.9. The average molecular weight is 276 g/mol. The third-order valence-electron chi connectivity index (χ3n) is 3.31. The van der Waals surface area contributed by atoms with Gasteiger partial charge >= 0.3 is 0 Å². The fourth-order valence-electron chi connectivity index (χ4n) is 2.09. The van der Waals surface area contributed by atoms with Gasteiger partial charge < -0.3 is 15.4 Å². The van der Waals surface area contributed by atoms with E-state index in [1.54, 1.807) is 18.0 Å². The van der Waals surface area contributed by atoms with E-state index in [4.69, 9.17) is 10.5 Å². The molecule has 0 aliphatic carbocycles. The van der Waals surface area contributed by atoms with Gasteiger partial charge in [-0.15, -0.1) is 0 Å². The van der Waals surface area contributed by atoms with Crippen molar-refractivity contribution in [3.8, 4) is 11.8 Å². The number of rotatable bonds is 2. The van der Waals surface area contributed by atoms with Crippen LogP contribution in [-0.4, -0.2) is 43.7 Å². The molecule has 1 aliphatic rings. The molecule has 106 valence electrons. The number of carbonyl (C=O) groups excluding carboxylic acids is 1. The molecular formula is C15H17FN2O2. The van der Waals surface area contributed by atoms with Crippen molar-refractivity contribution < 1.29 is 13.9 Å². The standard InChI is InChI=1S/C15H17FN2O2/c1-18(13-6-8-20-10-13)15(19)12-5-4-11(3-2-7-17)14(16)9-12/h4-5,9,13H,6-8,10,17H2,1H3. The van der Waals surface area contributed by atoms with E-state index in [1.807, 2.05) is 0 Å². The van der Waals surface area contributed by atoms with Crippen LogP contribution in [-0.2, 0) is 4.74 Å². The lowest BCUT2D eigenvalue weighted by molar-refractivity contribution is 0.0711. The van der Waals surface area contributed by atoms with Crippen LogP contribution in [0.25, 0.3) is 0 Å². The quantitative estimate of drug-likeness (QED) is 0.820. The smallest absolute Gasteiger partial charge is 0.254 e. The molecule has 0 aromatic heterocycles. The molecule has 1 aromatic carbocycles. The van der Waals surface area contributed by atoms with Crippen LogP contribution >= 0.6 is 0 Å². The Morgan fingerprint density at radius 2 is 2.40 bits per heavy atom. The molecular weight excluding hydrogens is 259 g/mol. The second-order valence-electron chi connectivity index (χ2n) is 4.63. The Balaban J connectivity index is 2.16. The molecule has 0 bridgehead atoms. The van der Waals surface area contributed by atoms with E-state index >= 15 is 0 Å². The molecule has 4 nitrogen and oxygen atoms in total. The minimum Gasteiger partial charge on any atom is -0.379 e. The second-order valence-corrected chi connectivity index (χ2v) is 4.63. The molecule has 2 N–H and O–H groups in total. The highest BCUT2D eigenvalue weighted by molar-refractivity contribution is 5.94. The van der Waals surface area contributed by atoms with Gasteiger partial charge in [0.05, 0.1) is 24.8 Å². The Labute approximate surface area is 117 Å². The largest absolute Gasteiger partial charge is 0.379 e. The van der Waals surface area contributed by atoms with Gasteiger partial charge in [0, 0.05) is 19.2 Å². The van der Waals surface area contributed by atoms with Crippen LogP contribution in [0.5, 0.6) is 0 Å². The lowest BCUT2D eigenvalue weighted by atomic mass is 10.1. The maximum absolute atomic E-state index is 13.8. The lowest BCUT2D eigenvalue weighted by Crippen LogP contribution is -2.37. The van der Waals surface area contributed by atoms with Gasteiger partial charge in [0.2, 0.25) is 0 Å². The zero-order valence-electron chi connectivity index (χ0n) is 11.4. The molecule has 1 fully saturated rings. The summed E-state index contributed by atoms with van der Waals surface area (Å²) < 4.78 is 19.1. The summed E-state index contributed by atoms with van der Waals surface area (Å²) in [5, 5.41) is 0. The minimum absolute atomic E-state index is 0.0577. The van der Waals surface area contributed by atoms with Gasteiger partial charge in [-0.3, -0.25) is 4.79 Å². The minimum atomic E-state index is -0.507. The third-order valence-corrected chi connectivity index (χ3v) is 3.31. The molecule has 1 aromatic rings. The summed E-state index contributed by atoms with van der Waals surface area (Å²) in [6.45, 7) is 1.36. The maximum Gasteiger partial charge on any atom is 0.254 e. The highest BCUT2D eigenvalue weighted by Gasteiger charge is 2.25. The highest BCUT2D eigenvalue weighted by Crippen LogP contribution is 2.16. The van der Waals surface area contributed by atoms with Crippen molar-refractivity contribution in [3.05, 3.63) is 35.1 Å². The number of halogens is 1. The van der Waals surface area contributed by atoms with E-state index in [2.05, 4.69) is 11.8 Å². The molecule has 5 heteroatoms. The Morgan fingerprint density at radius 1 is 1.60 bits per heavy atom. The van der Waals surface area contributed by atoms with Gasteiger partial charge in [-0.05, 0) is 24.6 Å². The zero-order valence-corrected chi connectivity index (χ0v) is 11.4. The number of ether oxygens (including phenoxy) is 1. The average Bonchev–Trinajstić information content (AvgIpc) is 2.98. The van der Waals surface area contributed by atoms with Crippen LogP contribution in [0.4, 0.5) is 4.39 Å². The molecule has 1 atom stereocenters. The fraction of sp³-hybridized carbons (Fsp3) is 0.400. The van der Waals surface area contributed by atoms with Crippen molar-refractivity contribution in [1.82, 2.24) is 4.90 Å². The normalized spacial score (nSPS) is 17.4. The first-order valence-corrected chi connectivity index (χ1v) is 6.47. The molecule has 1 saturated heterocycles. The van der Waals surface area contributed by atoms with Crippen LogP contribution in [0.1, 0.15) is 22.3 Å². The van der Waals surface area contributed by atoms with Gasteiger partial charge in [0.15, 0.2) is 0 Å². The van der Waals surface area contributed by atoms with Gasteiger partial charge in [-0.25, -0.2) is 4.39 Å². The number of likely N-dealkylation sites (N-methyl/N-ethyl adjacent to an activating group) is 1. The molecule has 2 rings (SSSR count). The van der Waals surface area contributed by atoms with E-state index in [9.17, 15) is 9.18 Å². The van der Waals surface area contributed by atoms with Gasteiger partial charge in [0.1, 0.15) is 5.82 Å². The maximum atomic E-state index is 13.8. The molecule has 0 radical (unpaired) electrons. The Kier molecular flexibility index (Phi) is 4.72. The lowest BCUT2D eigenvalue weighted by Gasteiger charge is -2.23. The van der Waals surface area contributed by atoms with Crippen LogP contribution in [0.3, 0.4) is 0 Å². The summed E-state index contributed by atoms with van der Waals surface area (Å²) in [7, 11) is 1.71. The second kappa shape index (κ2) is 6.51. The van der Waals surface area contributed by atoms with Crippen molar-refractivity contribution in [3.63, 3.8) is 0 Å². The van der Waals surface area contributed by atoms with Crippen LogP contribution in [0.2, 0.25) is 0 Å². The number of amides is 1. The van der Waals surface area contributed by atoms with E-state index in [0.717, 1.165) is 6.42 Å². The first-order valence-electron chi connectivity index (χ1n) is 6.47. The predicted octanol–water partition coefficient (Wildman–Crippen LogP) is 0.997. The van der Waals surface area contributed by atoms with E-state index in [-0.39, 0.29) is 24.1 Å².